The van der Waals surface area contributed by atoms with Crippen LogP contribution in [0.25, 0.3) is 0 Å². The Hall–Kier alpha value is -0.180. The Balaban J connectivity index is 2.55. The van der Waals surface area contributed by atoms with Crippen molar-refractivity contribution in [3.8, 4) is 0 Å². The van der Waals surface area contributed by atoms with Gasteiger partial charge in [-0.3, -0.25) is 4.79 Å². The summed E-state index contributed by atoms with van der Waals surface area (Å²) >= 11 is 1.97. The Bertz CT molecular complexity index is 283. The molecule has 1 saturated carbocycles. The minimum absolute atomic E-state index is 0.0924. The number of hydrogen-bond donors (Lipinski definition) is 1. The summed E-state index contributed by atoms with van der Waals surface area (Å²) in [4.78, 5) is 11.4. The van der Waals surface area contributed by atoms with Crippen molar-refractivity contribution in [2.75, 3.05) is 11.5 Å². The summed E-state index contributed by atoms with van der Waals surface area (Å²) in [5.74, 6) is 2.77. The summed E-state index contributed by atoms with van der Waals surface area (Å²) in [6.45, 7) is 9.06. The van der Waals surface area contributed by atoms with Gasteiger partial charge in [-0.05, 0) is 60.9 Å². The monoisotopic (exact) mass is 286 g/mol. The predicted octanol–water partition coefficient (Wildman–Crippen LogP) is 4.68. The molecule has 0 amide bonds. The molecule has 19 heavy (non-hydrogen) atoms. The van der Waals surface area contributed by atoms with Crippen LogP contribution in [0.5, 0.6) is 0 Å². The van der Waals surface area contributed by atoms with Gasteiger partial charge in [-0.2, -0.15) is 11.8 Å². The lowest BCUT2D eigenvalue weighted by atomic mass is 9.64. The second-order valence-electron chi connectivity index (χ2n) is 6.92. The quantitative estimate of drug-likeness (QED) is 0.720. The number of carboxylic acids is 1. The standard InChI is InChI=1S/C16H30O2S/c1-5-19-10-6-7-12-11-13(16(2,3)4)8-9-14(12)15(17)18/h12-14H,5-11H2,1-4H3,(H,17,18). The number of carbonyl (C=O) groups is 1. The van der Waals surface area contributed by atoms with E-state index in [1.165, 1.54) is 12.2 Å². The Labute approximate surface area is 122 Å². The lowest BCUT2D eigenvalue weighted by molar-refractivity contribution is -0.146. The van der Waals surface area contributed by atoms with Crippen LogP contribution in [0.15, 0.2) is 0 Å². The second-order valence-corrected chi connectivity index (χ2v) is 8.31. The number of hydrogen-bond acceptors (Lipinski definition) is 2. The topological polar surface area (TPSA) is 37.3 Å². The van der Waals surface area contributed by atoms with Gasteiger partial charge in [0, 0.05) is 0 Å². The number of aliphatic carboxylic acids is 1. The van der Waals surface area contributed by atoms with Crippen LogP contribution in [0.1, 0.15) is 59.8 Å². The maximum absolute atomic E-state index is 11.4. The van der Waals surface area contributed by atoms with E-state index in [2.05, 4.69) is 27.7 Å². The molecule has 1 N–H and O–H groups in total. The van der Waals surface area contributed by atoms with E-state index in [1.54, 1.807) is 0 Å². The van der Waals surface area contributed by atoms with Crippen molar-refractivity contribution in [2.24, 2.45) is 23.2 Å². The van der Waals surface area contributed by atoms with Gasteiger partial charge in [0.1, 0.15) is 0 Å². The summed E-state index contributed by atoms with van der Waals surface area (Å²) in [6, 6.07) is 0. The normalized spacial score (nSPS) is 28.3. The smallest absolute Gasteiger partial charge is 0.306 e. The highest BCUT2D eigenvalue weighted by molar-refractivity contribution is 7.99. The summed E-state index contributed by atoms with van der Waals surface area (Å²) in [5, 5.41) is 9.40. The average molecular weight is 286 g/mol. The summed E-state index contributed by atoms with van der Waals surface area (Å²) < 4.78 is 0. The highest BCUT2D eigenvalue weighted by Gasteiger charge is 2.38. The van der Waals surface area contributed by atoms with Crippen molar-refractivity contribution in [3.63, 3.8) is 0 Å². The molecule has 1 fully saturated rings. The lowest BCUT2D eigenvalue weighted by Gasteiger charge is -2.40. The molecule has 0 aromatic carbocycles. The first kappa shape index (κ1) is 16.9. The fraction of sp³-hybridized carbons (Fsp3) is 0.938. The SMILES string of the molecule is CCSCCCC1CC(C(C)(C)C)CCC1C(=O)O. The van der Waals surface area contributed by atoms with E-state index in [0.717, 1.165) is 31.4 Å². The molecular formula is C16H30O2S. The van der Waals surface area contributed by atoms with Crippen molar-refractivity contribution in [1.29, 1.82) is 0 Å². The average Bonchev–Trinajstić information content (AvgIpc) is 2.33. The molecule has 0 heterocycles. The Morgan fingerprint density at radius 1 is 1.32 bits per heavy atom. The fourth-order valence-corrected chi connectivity index (χ4v) is 3.95. The zero-order chi connectivity index (χ0) is 14.5. The van der Waals surface area contributed by atoms with Crippen LogP contribution in [0.4, 0.5) is 0 Å². The van der Waals surface area contributed by atoms with Gasteiger partial charge >= 0.3 is 5.97 Å². The number of thioether (sulfide) groups is 1. The molecule has 0 aliphatic heterocycles. The van der Waals surface area contributed by atoms with Crippen LogP contribution in [0.2, 0.25) is 0 Å². The van der Waals surface area contributed by atoms with Crippen LogP contribution in [-0.2, 0) is 4.79 Å². The summed E-state index contributed by atoms with van der Waals surface area (Å²) in [5.41, 5.74) is 0.319. The van der Waals surface area contributed by atoms with E-state index in [-0.39, 0.29) is 5.92 Å². The minimum atomic E-state index is -0.569. The Kier molecular flexibility index (Phi) is 6.72. The van der Waals surface area contributed by atoms with Gasteiger partial charge in [0.2, 0.25) is 0 Å². The first-order valence-electron chi connectivity index (χ1n) is 7.66. The molecule has 0 spiro atoms. The van der Waals surface area contributed by atoms with Gasteiger partial charge in [-0.15, -0.1) is 0 Å². The van der Waals surface area contributed by atoms with E-state index < -0.39 is 5.97 Å². The van der Waals surface area contributed by atoms with Crippen molar-refractivity contribution < 1.29 is 9.90 Å². The Morgan fingerprint density at radius 3 is 2.53 bits per heavy atom. The van der Waals surface area contributed by atoms with E-state index in [9.17, 15) is 9.90 Å². The van der Waals surface area contributed by atoms with E-state index in [0.29, 0.717) is 17.3 Å². The highest BCUT2D eigenvalue weighted by Crippen LogP contribution is 2.44. The van der Waals surface area contributed by atoms with E-state index in [4.69, 9.17) is 0 Å². The maximum atomic E-state index is 11.4. The number of rotatable bonds is 6. The van der Waals surface area contributed by atoms with Crippen molar-refractivity contribution in [1.82, 2.24) is 0 Å². The van der Waals surface area contributed by atoms with Crippen LogP contribution < -0.4 is 0 Å². The second kappa shape index (κ2) is 7.56. The largest absolute Gasteiger partial charge is 0.481 e. The molecule has 112 valence electrons. The van der Waals surface area contributed by atoms with Crippen molar-refractivity contribution in [3.05, 3.63) is 0 Å². The maximum Gasteiger partial charge on any atom is 0.306 e. The zero-order valence-corrected chi connectivity index (χ0v) is 13.8. The van der Waals surface area contributed by atoms with E-state index >= 15 is 0 Å². The molecular weight excluding hydrogens is 256 g/mol. The van der Waals surface area contributed by atoms with Crippen LogP contribution >= 0.6 is 11.8 Å². The van der Waals surface area contributed by atoms with Gasteiger partial charge in [-0.25, -0.2) is 0 Å². The molecule has 0 aromatic heterocycles. The number of carboxylic acid groups (broad SMARTS) is 1. The highest BCUT2D eigenvalue weighted by atomic mass is 32.2. The lowest BCUT2D eigenvalue weighted by Crippen LogP contribution is -2.35. The first-order valence-corrected chi connectivity index (χ1v) is 8.82. The summed E-state index contributed by atoms with van der Waals surface area (Å²) in [7, 11) is 0. The molecule has 1 rings (SSSR count). The van der Waals surface area contributed by atoms with E-state index in [1.807, 2.05) is 11.8 Å². The van der Waals surface area contributed by atoms with Gasteiger partial charge in [-0.1, -0.05) is 27.7 Å². The molecule has 0 saturated heterocycles. The molecule has 0 bridgehead atoms. The minimum Gasteiger partial charge on any atom is -0.481 e. The van der Waals surface area contributed by atoms with Gasteiger partial charge in [0.25, 0.3) is 0 Å². The van der Waals surface area contributed by atoms with Crippen LogP contribution in [-0.4, -0.2) is 22.6 Å². The van der Waals surface area contributed by atoms with Gasteiger partial charge in [0.05, 0.1) is 5.92 Å². The summed E-state index contributed by atoms with van der Waals surface area (Å²) in [6.07, 6.45) is 5.33. The zero-order valence-electron chi connectivity index (χ0n) is 12.9. The fourth-order valence-electron chi connectivity index (χ4n) is 3.29. The molecule has 1 aliphatic rings. The molecule has 3 unspecified atom stereocenters. The van der Waals surface area contributed by atoms with Crippen molar-refractivity contribution >= 4 is 17.7 Å². The van der Waals surface area contributed by atoms with Crippen LogP contribution in [0, 0.1) is 23.2 Å². The third-order valence-corrected chi connectivity index (χ3v) is 5.58. The first-order chi connectivity index (χ1) is 8.86. The molecule has 3 heteroatoms. The Morgan fingerprint density at radius 2 is 2.00 bits per heavy atom. The predicted molar refractivity (Wildman–Crippen MR) is 83.6 cm³/mol. The van der Waals surface area contributed by atoms with Gasteiger partial charge in [0.15, 0.2) is 0 Å². The van der Waals surface area contributed by atoms with Crippen molar-refractivity contribution in [2.45, 2.75) is 59.8 Å². The molecule has 3 atom stereocenters. The molecule has 1 aliphatic carbocycles. The van der Waals surface area contributed by atoms with Gasteiger partial charge < -0.3 is 5.11 Å². The molecule has 0 radical (unpaired) electrons. The van der Waals surface area contributed by atoms with Crippen LogP contribution in [0.3, 0.4) is 0 Å². The third kappa shape index (κ3) is 5.37. The molecule has 2 nitrogen and oxygen atoms in total. The molecule has 0 aromatic rings. The third-order valence-electron chi connectivity index (χ3n) is 4.59.